The van der Waals surface area contributed by atoms with Gasteiger partial charge in [-0.2, -0.15) is 0 Å². The van der Waals surface area contributed by atoms with E-state index in [2.05, 4.69) is 9.97 Å². The molecule has 0 radical (unpaired) electrons. The van der Waals surface area contributed by atoms with Gasteiger partial charge in [0.05, 0.1) is 6.20 Å². The fraction of sp³-hybridized carbons (Fsp3) is 0.0909. The van der Waals surface area contributed by atoms with Crippen molar-refractivity contribution in [2.45, 2.75) is 6.92 Å². The summed E-state index contributed by atoms with van der Waals surface area (Å²) in [5, 5.41) is 0. The van der Waals surface area contributed by atoms with Crippen LogP contribution in [-0.4, -0.2) is 9.97 Å². The molecule has 0 atom stereocenters. The number of nitrogens with zero attached hydrogens (tertiary/aromatic N) is 1. The Labute approximate surface area is 86.8 Å². The molecule has 0 fully saturated rings. The fourth-order valence-electron chi connectivity index (χ4n) is 1.34. The number of hydrogen-bond donors (Lipinski definition) is 2. The molecule has 1 aromatic heterocycles. The van der Waals surface area contributed by atoms with Gasteiger partial charge in [-0.1, -0.05) is 23.8 Å². The number of benzene rings is 1. The lowest BCUT2D eigenvalue weighted by Crippen LogP contribution is -2.13. The van der Waals surface area contributed by atoms with Gasteiger partial charge in [-0.3, -0.25) is 4.79 Å². The van der Waals surface area contributed by atoms with E-state index >= 15 is 0 Å². The van der Waals surface area contributed by atoms with Crippen LogP contribution in [0.25, 0.3) is 11.4 Å². The third-order valence-electron chi connectivity index (χ3n) is 2.12. The number of rotatable bonds is 1. The number of aromatic nitrogens is 2. The Morgan fingerprint density at radius 2 is 2.20 bits per heavy atom. The lowest BCUT2D eigenvalue weighted by Gasteiger charge is -2.01. The van der Waals surface area contributed by atoms with Crippen molar-refractivity contribution >= 4 is 5.69 Å². The van der Waals surface area contributed by atoms with E-state index in [1.54, 1.807) is 0 Å². The van der Waals surface area contributed by atoms with E-state index in [1.165, 1.54) is 6.20 Å². The summed E-state index contributed by atoms with van der Waals surface area (Å²) in [6.07, 6.45) is 1.37. The molecule has 0 unspecified atom stereocenters. The SMILES string of the molecule is Cc1cccc(-c2ncc(N)c(=O)[nH]2)c1. The summed E-state index contributed by atoms with van der Waals surface area (Å²) in [6.45, 7) is 1.99. The summed E-state index contributed by atoms with van der Waals surface area (Å²) in [4.78, 5) is 18.0. The second-order valence-electron chi connectivity index (χ2n) is 3.39. The van der Waals surface area contributed by atoms with E-state index in [-0.39, 0.29) is 11.2 Å². The molecule has 3 N–H and O–H groups in total. The molecule has 0 bridgehead atoms. The Morgan fingerprint density at radius 1 is 1.40 bits per heavy atom. The molecule has 0 spiro atoms. The van der Waals surface area contributed by atoms with E-state index < -0.39 is 0 Å². The summed E-state index contributed by atoms with van der Waals surface area (Å²) >= 11 is 0. The number of nitrogens with two attached hydrogens (primary N) is 1. The molecule has 0 aliphatic rings. The number of nitrogens with one attached hydrogen (secondary N) is 1. The minimum Gasteiger partial charge on any atom is -0.393 e. The first-order valence-electron chi connectivity index (χ1n) is 4.58. The number of nitrogen functional groups attached to an aromatic ring is 1. The third-order valence-corrected chi connectivity index (χ3v) is 2.12. The topological polar surface area (TPSA) is 71.8 Å². The lowest BCUT2D eigenvalue weighted by atomic mass is 10.1. The predicted molar refractivity (Wildman–Crippen MR) is 59.4 cm³/mol. The van der Waals surface area contributed by atoms with Gasteiger partial charge in [-0.25, -0.2) is 4.98 Å². The first-order chi connectivity index (χ1) is 7.16. The summed E-state index contributed by atoms with van der Waals surface area (Å²) in [7, 11) is 0. The van der Waals surface area contributed by atoms with Gasteiger partial charge in [-0.05, 0) is 13.0 Å². The fourth-order valence-corrected chi connectivity index (χ4v) is 1.34. The standard InChI is InChI=1S/C11H11N3O/c1-7-3-2-4-8(5-7)10-13-6-9(12)11(15)14-10/h2-6H,12H2,1H3,(H,13,14,15). The van der Waals surface area contributed by atoms with E-state index in [4.69, 9.17) is 5.73 Å². The number of hydrogen-bond acceptors (Lipinski definition) is 3. The van der Waals surface area contributed by atoms with Gasteiger partial charge in [0.25, 0.3) is 5.56 Å². The molecular formula is C11H11N3O. The summed E-state index contributed by atoms with van der Waals surface area (Å²) in [5.74, 6) is 0.540. The third kappa shape index (κ3) is 1.88. The molecule has 76 valence electrons. The Morgan fingerprint density at radius 3 is 2.87 bits per heavy atom. The van der Waals surface area contributed by atoms with E-state index in [9.17, 15) is 4.79 Å². The second kappa shape index (κ2) is 3.57. The normalized spacial score (nSPS) is 10.2. The van der Waals surface area contributed by atoms with Crippen molar-refractivity contribution in [3.8, 4) is 11.4 Å². The minimum atomic E-state index is -0.304. The van der Waals surface area contributed by atoms with Gasteiger partial charge < -0.3 is 10.7 Å². The molecule has 1 heterocycles. The van der Waals surface area contributed by atoms with Crippen LogP contribution in [0.15, 0.2) is 35.3 Å². The smallest absolute Gasteiger partial charge is 0.274 e. The van der Waals surface area contributed by atoms with E-state index in [0.717, 1.165) is 11.1 Å². The largest absolute Gasteiger partial charge is 0.393 e. The van der Waals surface area contributed by atoms with Crippen molar-refractivity contribution in [2.75, 3.05) is 5.73 Å². The molecule has 15 heavy (non-hydrogen) atoms. The average Bonchev–Trinajstić information content (AvgIpc) is 2.22. The van der Waals surface area contributed by atoms with Crippen LogP contribution in [0.3, 0.4) is 0 Å². The van der Waals surface area contributed by atoms with Crippen LogP contribution in [0.5, 0.6) is 0 Å². The quantitative estimate of drug-likeness (QED) is 0.731. The van der Waals surface area contributed by atoms with Gasteiger partial charge in [0.15, 0.2) is 0 Å². The molecule has 0 amide bonds. The van der Waals surface area contributed by atoms with Crippen LogP contribution in [0.2, 0.25) is 0 Å². The van der Waals surface area contributed by atoms with Gasteiger partial charge in [-0.15, -0.1) is 0 Å². The Balaban J connectivity index is 2.55. The van der Waals surface area contributed by atoms with Crippen molar-refractivity contribution in [1.29, 1.82) is 0 Å². The van der Waals surface area contributed by atoms with Gasteiger partial charge >= 0.3 is 0 Å². The van der Waals surface area contributed by atoms with E-state index in [0.29, 0.717) is 5.82 Å². The second-order valence-corrected chi connectivity index (χ2v) is 3.39. The Hall–Kier alpha value is -2.10. The average molecular weight is 201 g/mol. The molecule has 2 aromatic rings. The van der Waals surface area contributed by atoms with Crippen molar-refractivity contribution in [3.63, 3.8) is 0 Å². The van der Waals surface area contributed by atoms with Crippen LogP contribution in [0.4, 0.5) is 5.69 Å². The number of H-pyrrole nitrogens is 1. The highest BCUT2D eigenvalue weighted by Gasteiger charge is 2.01. The Kier molecular flexibility index (Phi) is 2.25. The Bertz CT molecular complexity index is 546. The van der Waals surface area contributed by atoms with Gasteiger partial charge in [0.2, 0.25) is 0 Å². The van der Waals surface area contributed by atoms with Crippen molar-refractivity contribution in [1.82, 2.24) is 9.97 Å². The van der Waals surface area contributed by atoms with Crippen molar-refractivity contribution in [2.24, 2.45) is 0 Å². The number of aryl methyl sites for hydroxylation is 1. The highest BCUT2D eigenvalue weighted by atomic mass is 16.1. The molecule has 1 aromatic carbocycles. The highest BCUT2D eigenvalue weighted by molar-refractivity contribution is 5.56. The molecule has 0 saturated heterocycles. The molecule has 0 aliphatic carbocycles. The number of aromatic amines is 1. The highest BCUT2D eigenvalue weighted by Crippen LogP contribution is 2.14. The van der Waals surface area contributed by atoms with Crippen LogP contribution >= 0.6 is 0 Å². The molecule has 4 heteroatoms. The molecule has 0 saturated carbocycles. The minimum absolute atomic E-state index is 0.131. The van der Waals surface area contributed by atoms with Crippen molar-refractivity contribution < 1.29 is 0 Å². The summed E-state index contributed by atoms with van der Waals surface area (Å²) < 4.78 is 0. The van der Waals surface area contributed by atoms with Crippen LogP contribution in [-0.2, 0) is 0 Å². The maximum Gasteiger partial charge on any atom is 0.274 e. The molecule has 2 rings (SSSR count). The maximum absolute atomic E-state index is 11.3. The van der Waals surface area contributed by atoms with Crippen LogP contribution in [0, 0.1) is 6.92 Å². The van der Waals surface area contributed by atoms with Crippen molar-refractivity contribution in [3.05, 3.63) is 46.4 Å². The summed E-state index contributed by atoms with van der Waals surface area (Å²) in [5.41, 5.74) is 7.22. The van der Waals surface area contributed by atoms with Gasteiger partial charge in [0, 0.05) is 5.56 Å². The monoisotopic (exact) mass is 201 g/mol. The maximum atomic E-state index is 11.3. The zero-order chi connectivity index (χ0) is 10.8. The first kappa shape index (κ1) is 9.45. The van der Waals surface area contributed by atoms with E-state index in [1.807, 2.05) is 31.2 Å². The lowest BCUT2D eigenvalue weighted by molar-refractivity contribution is 1.13. The van der Waals surface area contributed by atoms with Gasteiger partial charge in [0.1, 0.15) is 11.5 Å². The molecule has 4 nitrogen and oxygen atoms in total. The predicted octanol–water partition coefficient (Wildman–Crippen LogP) is 1.33. The first-order valence-corrected chi connectivity index (χ1v) is 4.58. The zero-order valence-corrected chi connectivity index (χ0v) is 8.32. The summed E-state index contributed by atoms with van der Waals surface area (Å²) in [6, 6.07) is 7.75. The van der Waals surface area contributed by atoms with Crippen LogP contribution in [0.1, 0.15) is 5.56 Å². The van der Waals surface area contributed by atoms with Crippen LogP contribution < -0.4 is 11.3 Å². The molecular weight excluding hydrogens is 190 g/mol. The molecule has 0 aliphatic heterocycles. The zero-order valence-electron chi connectivity index (χ0n) is 8.32. The number of anilines is 1.